The van der Waals surface area contributed by atoms with E-state index in [9.17, 15) is 9.59 Å². The Labute approximate surface area is 174 Å². The Morgan fingerprint density at radius 1 is 0.966 bits per heavy atom. The van der Waals surface area contributed by atoms with Crippen molar-refractivity contribution in [2.45, 2.75) is 22.8 Å². The minimum Gasteiger partial charge on any atom is -0.331 e. The smallest absolute Gasteiger partial charge is 0.319 e. The number of rotatable bonds is 3. The molecular weight excluding hydrogens is 382 g/mol. The lowest BCUT2D eigenvalue weighted by Gasteiger charge is -2.19. The number of nitrogens with zero attached hydrogens (tertiary/aromatic N) is 1. The van der Waals surface area contributed by atoms with Gasteiger partial charge in [-0.3, -0.25) is 4.79 Å². The van der Waals surface area contributed by atoms with Crippen molar-refractivity contribution in [1.29, 1.82) is 0 Å². The molecule has 0 spiro atoms. The van der Waals surface area contributed by atoms with Gasteiger partial charge in [-0.2, -0.15) is 0 Å². The fraction of sp³-hybridized carbons (Fsp3) is 0.130. The maximum Gasteiger partial charge on any atom is 0.319 e. The van der Waals surface area contributed by atoms with Gasteiger partial charge in [0.05, 0.1) is 17.3 Å². The highest BCUT2D eigenvalue weighted by molar-refractivity contribution is 7.99. The van der Waals surface area contributed by atoms with Crippen LogP contribution in [-0.2, 0) is 0 Å². The molecule has 3 amide bonds. The van der Waals surface area contributed by atoms with Gasteiger partial charge in [-0.25, -0.2) is 4.79 Å². The molecule has 3 aromatic carbocycles. The van der Waals surface area contributed by atoms with Crippen LogP contribution in [0.1, 0.15) is 28.9 Å². The minimum absolute atomic E-state index is 0.0637. The number of hydrogen-bond acceptors (Lipinski definition) is 3. The van der Waals surface area contributed by atoms with Gasteiger partial charge in [0.2, 0.25) is 0 Å². The molecule has 0 saturated carbocycles. The summed E-state index contributed by atoms with van der Waals surface area (Å²) in [5.41, 5.74) is 3.11. The summed E-state index contributed by atoms with van der Waals surface area (Å²) in [5.74, 6) is -0.0637. The fourth-order valence-corrected chi connectivity index (χ4v) is 4.36. The molecule has 5 nitrogen and oxygen atoms in total. The van der Waals surface area contributed by atoms with Crippen LogP contribution >= 0.6 is 11.8 Å². The van der Waals surface area contributed by atoms with Crippen molar-refractivity contribution in [2.75, 3.05) is 17.3 Å². The summed E-state index contributed by atoms with van der Waals surface area (Å²) in [4.78, 5) is 28.8. The minimum atomic E-state index is -0.292. The van der Waals surface area contributed by atoms with Gasteiger partial charge in [0.25, 0.3) is 5.91 Å². The van der Waals surface area contributed by atoms with E-state index in [2.05, 4.69) is 10.6 Å². The van der Waals surface area contributed by atoms with Crippen LogP contribution in [0.3, 0.4) is 0 Å². The van der Waals surface area contributed by atoms with E-state index in [0.29, 0.717) is 11.3 Å². The number of urea groups is 1. The lowest BCUT2D eigenvalue weighted by molar-refractivity contribution is 0.0990. The van der Waals surface area contributed by atoms with Crippen molar-refractivity contribution >= 4 is 35.1 Å². The monoisotopic (exact) mass is 403 g/mol. The van der Waals surface area contributed by atoms with Crippen LogP contribution in [0.15, 0.2) is 82.6 Å². The number of anilines is 2. The molecule has 146 valence electrons. The third-order valence-electron chi connectivity index (χ3n) is 4.87. The SMILES string of the molecule is C[C@@H](NC(=O)Nc1ccc2c(c1)N(C)C(=O)c1ccccc1S2)c1ccccc1. The second-order valence-electron chi connectivity index (χ2n) is 6.88. The standard InChI is InChI=1S/C23H21N3O2S/c1-15(16-8-4-3-5-9-16)24-23(28)25-17-12-13-21-19(14-17)26(2)22(27)18-10-6-7-11-20(18)29-21/h3-15H,1-2H3,(H2,24,25,28)/t15-/m1/s1. The van der Waals surface area contributed by atoms with Gasteiger partial charge in [-0.15, -0.1) is 0 Å². The molecule has 0 radical (unpaired) electrons. The molecule has 2 N–H and O–H groups in total. The van der Waals surface area contributed by atoms with Crippen LogP contribution in [0.2, 0.25) is 0 Å². The molecule has 1 aliphatic heterocycles. The Bertz CT molecular complexity index is 1070. The molecule has 1 aliphatic rings. The van der Waals surface area contributed by atoms with Crippen LogP contribution in [-0.4, -0.2) is 19.0 Å². The Morgan fingerprint density at radius 3 is 2.48 bits per heavy atom. The Kier molecular flexibility index (Phi) is 5.27. The zero-order valence-corrected chi connectivity index (χ0v) is 17.0. The lowest BCUT2D eigenvalue weighted by Crippen LogP contribution is -2.31. The molecule has 3 aromatic rings. The quantitative estimate of drug-likeness (QED) is 0.623. The van der Waals surface area contributed by atoms with E-state index in [1.807, 2.05) is 79.7 Å². The van der Waals surface area contributed by atoms with E-state index in [1.165, 1.54) is 0 Å². The zero-order valence-electron chi connectivity index (χ0n) is 16.2. The number of fused-ring (bicyclic) bond motifs is 2. The number of hydrogen-bond donors (Lipinski definition) is 2. The summed E-state index contributed by atoms with van der Waals surface area (Å²) in [5, 5.41) is 5.81. The summed E-state index contributed by atoms with van der Waals surface area (Å²) in [7, 11) is 1.76. The molecule has 0 saturated heterocycles. The van der Waals surface area contributed by atoms with Crippen LogP contribution in [0.4, 0.5) is 16.2 Å². The summed E-state index contributed by atoms with van der Waals surface area (Å²) in [6.07, 6.45) is 0. The van der Waals surface area contributed by atoms with Crippen molar-refractivity contribution in [3.05, 3.63) is 83.9 Å². The number of carbonyl (C=O) groups excluding carboxylic acids is 2. The van der Waals surface area contributed by atoms with Gasteiger partial charge in [-0.1, -0.05) is 54.2 Å². The number of benzene rings is 3. The summed E-state index contributed by atoms with van der Waals surface area (Å²) < 4.78 is 0. The number of amides is 3. The first-order valence-corrected chi connectivity index (χ1v) is 10.2. The molecule has 1 atom stereocenters. The normalized spacial score (nSPS) is 13.7. The van der Waals surface area contributed by atoms with E-state index in [-0.39, 0.29) is 18.0 Å². The maximum absolute atomic E-state index is 12.8. The predicted molar refractivity (Wildman–Crippen MR) is 117 cm³/mol. The second kappa shape index (κ2) is 8.01. The van der Waals surface area contributed by atoms with Crippen LogP contribution in [0.25, 0.3) is 0 Å². The van der Waals surface area contributed by atoms with Crippen molar-refractivity contribution in [1.82, 2.24) is 5.32 Å². The van der Waals surface area contributed by atoms with Crippen LogP contribution in [0, 0.1) is 0 Å². The van der Waals surface area contributed by atoms with Crippen molar-refractivity contribution in [3.63, 3.8) is 0 Å². The van der Waals surface area contributed by atoms with Crippen molar-refractivity contribution in [2.24, 2.45) is 0 Å². The molecule has 1 heterocycles. The highest BCUT2D eigenvalue weighted by Crippen LogP contribution is 2.41. The van der Waals surface area contributed by atoms with Gasteiger partial charge >= 0.3 is 6.03 Å². The molecule has 0 fully saturated rings. The van der Waals surface area contributed by atoms with E-state index in [0.717, 1.165) is 21.0 Å². The zero-order chi connectivity index (χ0) is 20.4. The largest absolute Gasteiger partial charge is 0.331 e. The van der Waals surface area contributed by atoms with Crippen molar-refractivity contribution in [3.8, 4) is 0 Å². The van der Waals surface area contributed by atoms with E-state index in [4.69, 9.17) is 0 Å². The average molecular weight is 404 g/mol. The Balaban J connectivity index is 1.53. The predicted octanol–water partition coefficient (Wildman–Crippen LogP) is 5.31. The second-order valence-corrected chi connectivity index (χ2v) is 7.96. The topological polar surface area (TPSA) is 61.4 Å². The van der Waals surface area contributed by atoms with Gasteiger partial charge in [0.15, 0.2) is 0 Å². The number of carbonyl (C=O) groups is 2. The van der Waals surface area contributed by atoms with Gasteiger partial charge in [0, 0.05) is 22.5 Å². The molecule has 0 aromatic heterocycles. The summed E-state index contributed by atoms with van der Waals surface area (Å²) >= 11 is 1.56. The lowest BCUT2D eigenvalue weighted by atomic mass is 10.1. The van der Waals surface area contributed by atoms with E-state index >= 15 is 0 Å². The van der Waals surface area contributed by atoms with Crippen molar-refractivity contribution < 1.29 is 9.59 Å². The first kappa shape index (κ1) is 19.1. The first-order chi connectivity index (χ1) is 14.0. The van der Waals surface area contributed by atoms with Gasteiger partial charge in [0.1, 0.15) is 0 Å². The third kappa shape index (κ3) is 3.98. The van der Waals surface area contributed by atoms with E-state index in [1.54, 1.807) is 23.7 Å². The number of nitrogens with one attached hydrogen (secondary N) is 2. The first-order valence-electron chi connectivity index (χ1n) is 9.34. The Morgan fingerprint density at radius 2 is 1.69 bits per heavy atom. The van der Waals surface area contributed by atoms with Crippen LogP contribution < -0.4 is 15.5 Å². The maximum atomic E-state index is 12.8. The van der Waals surface area contributed by atoms with Gasteiger partial charge < -0.3 is 15.5 Å². The molecule has 0 unspecified atom stereocenters. The third-order valence-corrected chi connectivity index (χ3v) is 6.01. The summed E-state index contributed by atoms with van der Waals surface area (Å²) in [6, 6.07) is 22.6. The average Bonchev–Trinajstić information content (AvgIpc) is 2.84. The van der Waals surface area contributed by atoms with Crippen LogP contribution in [0.5, 0.6) is 0 Å². The highest BCUT2D eigenvalue weighted by atomic mass is 32.2. The van der Waals surface area contributed by atoms with Gasteiger partial charge in [-0.05, 0) is 42.8 Å². The Hall–Kier alpha value is -3.25. The molecule has 6 heteroatoms. The molecule has 0 aliphatic carbocycles. The van der Waals surface area contributed by atoms with E-state index < -0.39 is 0 Å². The molecule has 4 rings (SSSR count). The fourth-order valence-electron chi connectivity index (χ4n) is 3.27. The molecule has 29 heavy (non-hydrogen) atoms. The molecule has 0 bridgehead atoms. The highest BCUT2D eigenvalue weighted by Gasteiger charge is 2.24. The summed E-state index contributed by atoms with van der Waals surface area (Å²) in [6.45, 7) is 1.94. The molecular formula is C23H21N3O2S.